The summed E-state index contributed by atoms with van der Waals surface area (Å²) in [6, 6.07) is 6.54. The Bertz CT molecular complexity index is 1240. The highest BCUT2D eigenvalue weighted by Crippen LogP contribution is 2.44. The quantitative estimate of drug-likeness (QED) is 0.569. The van der Waals surface area contributed by atoms with Gasteiger partial charge in [-0.25, -0.2) is 4.39 Å². The minimum atomic E-state index is -0.484. The first-order valence-electron chi connectivity index (χ1n) is 11.1. The molecule has 1 fully saturated rings. The van der Waals surface area contributed by atoms with Crippen LogP contribution in [0.2, 0.25) is 0 Å². The van der Waals surface area contributed by atoms with Gasteiger partial charge in [-0.1, -0.05) is 6.07 Å². The van der Waals surface area contributed by atoms with Crippen molar-refractivity contribution in [2.75, 3.05) is 38.6 Å². The zero-order chi connectivity index (χ0) is 22.5. The fourth-order valence-electron chi connectivity index (χ4n) is 5.13. The number of rotatable bonds is 3. The highest BCUT2D eigenvalue weighted by molar-refractivity contribution is 6.07. The lowest BCUT2D eigenvalue weighted by Gasteiger charge is -2.28. The molecule has 0 spiro atoms. The Kier molecular flexibility index (Phi) is 4.72. The normalized spacial score (nSPS) is 23.1. The Morgan fingerprint density at radius 1 is 1.30 bits per heavy atom. The highest BCUT2D eigenvalue weighted by Gasteiger charge is 2.37. The first-order valence-corrected chi connectivity index (χ1v) is 11.1. The van der Waals surface area contributed by atoms with Crippen LogP contribution >= 0.6 is 0 Å². The molecular weight excluding hydrogens is 425 g/mol. The van der Waals surface area contributed by atoms with E-state index in [1.807, 2.05) is 6.07 Å². The SMILES string of the molecule is COc1c(F)cccc1Nc1c2[nH]c3c1C(=O)NC[C@@H]3CN1CC[C@H](C1)Oc1cnccc1-2. The molecule has 1 unspecified atom stereocenters. The predicted molar refractivity (Wildman–Crippen MR) is 121 cm³/mol. The molecule has 9 heteroatoms. The summed E-state index contributed by atoms with van der Waals surface area (Å²) in [4.78, 5) is 23.3. The van der Waals surface area contributed by atoms with E-state index < -0.39 is 5.82 Å². The van der Waals surface area contributed by atoms with E-state index in [0.29, 0.717) is 34.9 Å². The number of carbonyl (C=O) groups excluding carboxylic acids is 1. The number of H-pyrrole nitrogens is 1. The summed E-state index contributed by atoms with van der Waals surface area (Å²) in [5.41, 5.74) is 3.91. The number of aromatic amines is 1. The highest BCUT2D eigenvalue weighted by atomic mass is 19.1. The molecular formula is C24H24FN5O3. The Balaban J connectivity index is 1.57. The second-order valence-corrected chi connectivity index (χ2v) is 8.68. The van der Waals surface area contributed by atoms with Crippen molar-refractivity contribution in [3.63, 3.8) is 0 Å². The number of nitrogens with one attached hydrogen (secondary N) is 3. The molecule has 2 aromatic heterocycles. The molecule has 1 saturated heterocycles. The smallest absolute Gasteiger partial charge is 0.255 e. The molecule has 3 aromatic rings. The number of halogens is 1. The van der Waals surface area contributed by atoms with E-state index in [1.54, 1.807) is 24.5 Å². The van der Waals surface area contributed by atoms with Crippen LogP contribution in [0.25, 0.3) is 11.3 Å². The van der Waals surface area contributed by atoms with Crippen molar-refractivity contribution >= 4 is 17.3 Å². The van der Waals surface area contributed by atoms with Crippen molar-refractivity contribution in [3.05, 3.63) is 53.7 Å². The van der Waals surface area contributed by atoms with E-state index >= 15 is 0 Å². The van der Waals surface area contributed by atoms with E-state index in [2.05, 4.69) is 25.5 Å². The van der Waals surface area contributed by atoms with Gasteiger partial charge in [0, 0.05) is 49.6 Å². The standard InChI is InChI=1S/C24H24FN5O3/c1-32-23-16(25)3-2-4-17(23)28-22-19-20-13(9-27-24(19)31)11-30-8-6-14(12-30)33-18-10-26-7-5-15(18)21(22)29-20/h2-5,7,10,13-14,28-29H,6,8-9,11-12H2,1H3,(H,27,31)/t13-,14-/m1/s1. The van der Waals surface area contributed by atoms with Gasteiger partial charge >= 0.3 is 0 Å². The van der Waals surface area contributed by atoms with Gasteiger partial charge < -0.3 is 25.1 Å². The summed E-state index contributed by atoms with van der Waals surface area (Å²) in [5.74, 6) is 0.180. The zero-order valence-electron chi connectivity index (χ0n) is 18.2. The van der Waals surface area contributed by atoms with Crippen LogP contribution in [0, 0.1) is 5.82 Å². The minimum Gasteiger partial charge on any atom is -0.492 e. The molecule has 3 aliphatic rings. The van der Waals surface area contributed by atoms with E-state index in [-0.39, 0.29) is 23.7 Å². The van der Waals surface area contributed by atoms with Crippen LogP contribution in [0.5, 0.6) is 11.5 Å². The van der Waals surface area contributed by atoms with Gasteiger partial charge in [-0.2, -0.15) is 0 Å². The predicted octanol–water partition coefficient (Wildman–Crippen LogP) is 3.26. The van der Waals surface area contributed by atoms with Crippen molar-refractivity contribution in [2.24, 2.45) is 0 Å². The van der Waals surface area contributed by atoms with Crippen LogP contribution in [-0.4, -0.2) is 60.2 Å². The third-order valence-corrected chi connectivity index (χ3v) is 6.66. The lowest BCUT2D eigenvalue weighted by molar-refractivity contribution is 0.0936. The number of hydrogen-bond donors (Lipinski definition) is 3. The Hall–Kier alpha value is -3.59. The van der Waals surface area contributed by atoms with Crippen molar-refractivity contribution in [1.82, 2.24) is 20.2 Å². The number of amides is 1. The number of anilines is 2. The van der Waals surface area contributed by atoms with Crippen LogP contribution in [-0.2, 0) is 0 Å². The number of carbonyl (C=O) groups is 1. The molecule has 3 N–H and O–H groups in total. The molecule has 6 rings (SSSR count). The Labute approximate surface area is 190 Å². The minimum absolute atomic E-state index is 0.0801. The number of hydrogen-bond acceptors (Lipinski definition) is 6. The topological polar surface area (TPSA) is 91.5 Å². The first-order chi connectivity index (χ1) is 16.1. The van der Waals surface area contributed by atoms with Gasteiger partial charge in [0.25, 0.3) is 5.91 Å². The average molecular weight is 449 g/mol. The largest absolute Gasteiger partial charge is 0.492 e. The Morgan fingerprint density at radius 3 is 3.09 bits per heavy atom. The molecule has 0 radical (unpaired) electrons. The van der Waals surface area contributed by atoms with Crippen LogP contribution in [0.1, 0.15) is 28.4 Å². The van der Waals surface area contributed by atoms with E-state index in [4.69, 9.17) is 9.47 Å². The van der Waals surface area contributed by atoms with Gasteiger partial charge in [0.2, 0.25) is 0 Å². The van der Waals surface area contributed by atoms with Gasteiger partial charge in [-0.05, 0) is 24.6 Å². The summed E-state index contributed by atoms with van der Waals surface area (Å²) in [6.45, 7) is 3.15. The second-order valence-electron chi connectivity index (χ2n) is 8.68. The lowest BCUT2D eigenvalue weighted by Crippen LogP contribution is -2.40. The summed E-state index contributed by atoms with van der Waals surface area (Å²) < 4.78 is 26.1. The molecule has 170 valence electrons. The molecule has 33 heavy (non-hydrogen) atoms. The zero-order valence-corrected chi connectivity index (χ0v) is 18.2. The second kappa shape index (κ2) is 7.77. The number of methoxy groups -OCH3 is 1. The monoisotopic (exact) mass is 449 g/mol. The Morgan fingerprint density at radius 2 is 2.21 bits per heavy atom. The lowest BCUT2D eigenvalue weighted by atomic mass is 9.95. The van der Waals surface area contributed by atoms with Crippen LogP contribution in [0.3, 0.4) is 0 Å². The molecule has 1 amide bonds. The van der Waals surface area contributed by atoms with Crippen LogP contribution in [0.15, 0.2) is 36.7 Å². The summed E-state index contributed by atoms with van der Waals surface area (Å²) in [5, 5.41) is 6.34. The van der Waals surface area contributed by atoms with E-state index in [9.17, 15) is 9.18 Å². The number of aromatic nitrogens is 2. The fourth-order valence-corrected chi connectivity index (χ4v) is 5.13. The van der Waals surface area contributed by atoms with Crippen molar-refractivity contribution in [1.29, 1.82) is 0 Å². The fraction of sp³-hybridized carbons (Fsp3) is 0.333. The maximum atomic E-state index is 14.4. The van der Waals surface area contributed by atoms with E-state index in [0.717, 1.165) is 37.3 Å². The van der Waals surface area contributed by atoms with Gasteiger partial charge in [0.15, 0.2) is 11.6 Å². The third kappa shape index (κ3) is 3.31. The number of benzene rings is 1. The summed E-state index contributed by atoms with van der Waals surface area (Å²) >= 11 is 0. The average Bonchev–Trinajstić information content (AvgIpc) is 3.40. The van der Waals surface area contributed by atoms with E-state index in [1.165, 1.54) is 13.2 Å². The molecule has 1 aromatic carbocycles. The van der Waals surface area contributed by atoms with Crippen LogP contribution < -0.4 is 20.1 Å². The van der Waals surface area contributed by atoms with Gasteiger partial charge in [0.05, 0.1) is 35.9 Å². The van der Waals surface area contributed by atoms with Crippen molar-refractivity contribution in [3.8, 4) is 22.8 Å². The number of para-hydroxylation sites is 1. The molecule has 4 bridgehead atoms. The maximum absolute atomic E-state index is 14.4. The van der Waals surface area contributed by atoms with Gasteiger partial charge in [-0.15, -0.1) is 0 Å². The molecule has 0 saturated carbocycles. The number of ether oxygens (including phenoxy) is 2. The summed E-state index contributed by atoms with van der Waals surface area (Å²) in [7, 11) is 1.42. The number of fused-ring (bicyclic) bond motifs is 5. The van der Waals surface area contributed by atoms with Crippen LogP contribution in [0.4, 0.5) is 15.8 Å². The molecule has 3 atom stereocenters. The van der Waals surface area contributed by atoms with Gasteiger partial charge in [0.1, 0.15) is 11.9 Å². The molecule has 3 aliphatic heterocycles. The summed E-state index contributed by atoms with van der Waals surface area (Å²) in [6.07, 6.45) is 4.43. The van der Waals surface area contributed by atoms with Gasteiger partial charge in [-0.3, -0.25) is 14.7 Å². The molecule has 8 nitrogen and oxygen atoms in total. The number of nitrogens with zero attached hydrogens (tertiary/aromatic N) is 2. The van der Waals surface area contributed by atoms with Crippen molar-refractivity contribution < 1.29 is 18.7 Å². The molecule has 0 aliphatic carbocycles. The number of pyridine rings is 1. The van der Waals surface area contributed by atoms with Crippen molar-refractivity contribution in [2.45, 2.75) is 18.4 Å². The maximum Gasteiger partial charge on any atom is 0.255 e. The third-order valence-electron chi connectivity index (χ3n) is 6.66. The first kappa shape index (κ1) is 20.0. The molecule has 5 heterocycles.